The molecular weight excluding hydrogens is 255 g/mol. The Balaban J connectivity index is 1.86. The number of hydrogen-bond acceptors (Lipinski definition) is 2. The maximum absolute atomic E-state index is 12.6. The highest BCUT2D eigenvalue weighted by Gasteiger charge is 2.30. The van der Waals surface area contributed by atoms with Gasteiger partial charge in [-0.3, -0.25) is 0 Å². The SMILES string of the molecule is CC1OCCC1CNCc1cccc(C(F)(F)F)c1. The van der Waals surface area contributed by atoms with Crippen molar-refractivity contribution in [2.75, 3.05) is 13.2 Å². The van der Waals surface area contributed by atoms with E-state index in [1.165, 1.54) is 12.1 Å². The minimum absolute atomic E-state index is 0.231. The van der Waals surface area contributed by atoms with Gasteiger partial charge in [0.1, 0.15) is 0 Å². The summed E-state index contributed by atoms with van der Waals surface area (Å²) in [7, 11) is 0. The zero-order valence-electron chi connectivity index (χ0n) is 10.8. The van der Waals surface area contributed by atoms with Gasteiger partial charge >= 0.3 is 6.18 Å². The summed E-state index contributed by atoms with van der Waals surface area (Å²) in [6.45, 7) is 4.03. The zero-order chi connectivity index (χ0) is 13.9. The highest BCUT2D eigenvalue weighted by molar-refractivity contribution is 5.25. The van der Waals surface area contributed by atoms with E-state index in [-0.39, 0.29) is 6.10 Å². The third kappa shape index (κ3) is 3.94. The Morgan fingerprint density at radius 3 is 2.79 bits per heavy atom. The number of rotatable bonds is 4. The van der Waals surface area contributed by atoms with Crippen molar-refractivity contribution in [3.8, 4) is 0 Å². The van der Waals surface area contributed by atoms with Gasteiger partial charge in [0.25, 0.3) is 0 Å². The average Bonchev–Trinajstić information content (AvgIpc) is 2.75. The fourth-order valence-electron chi connectivity index (χ4n) is 2.30. The summed E-state index contributed by atoms with van der Waals surface area (Å²) in [6.07, 6.45) is -3.03. The molecule has 2 atom stereocenters. The van der Waals surface area contributed by atoms with Crippen molar-refractivity contribution in [1.29, 1.82) is 0 Å². The van der Waals surface area contributed by atoms with Crippen LogP contribution in [0.4, 0.5) is 13.2 Å². The normalized spacial score (nSPS) is 23.8. The third-order valence-electron chi connectivity index (χ3n) is 3.52. The first-order valence-electron chi connectivity index (χ1n) is 6.45. The quantitative estimate of drug-likeness (QED) is 0.909. The topological polar surface area (TPSA) is 21.3 Å². The predicted molar refractivity (Wildman–Crippen MR) is 66.7 cm³/mol. The third-order valence-corrected chi connectivity index (χ3v) is 3.52. The van der Waals surface area contributed by atoms with Crippen molar-refractivity contribution in [3.05, 3.63) is 35.4 Å². The maximum Gasteiger partial charge on any atom is 0.416 e. The summed E-state index contributed by atoms with van der Waals surface area (Å²) in [4.78, 5) is 0. The molecule has 0 bridgehead atoms. The van der Waals surface area contributed by atoms with E-state index in [9.17, 15) is 13.2 Å². The fraction of sp³-hybridized carbons (Fsp3) is 0.571. The second kappa shape index (κ2) is 5.92. The first-order valence-corrected chi connectivity index (χ1v) is 6.45. The van der Waals surface area contributed by atoms with Crippen LogP contribution in [0.25, 0.3) is 0 Å². The van der Waals surface area contributed by atoms with Crippen LogP contribution in [0.1, 0.15) is 24.5 Å². The monoisotopic (exact) mass is 273 g/mol. The highest BCUT2D eigenvalue weighted by Crippen LogP contribution is 2.29. The lowest BCUT2D eigenvalue weighted by Crippen LogP contribution is -2.26. The molecule has 2 nitrogen and oxygen atoms in total. The van der Waals surface area contributed by atoms with Crippen LogP contribution in [0.5, 0.6) is 0 Å². The second-order valence-corrected chi connectivity index (χ2v) is 4.95. The summed E-state index contributed by atoms with van der Waals surface area (Å²) < 4.78 is 43.1. The molecule has 1 N–H and O–H groups in total. The number of nitrogens with one attached hydrogen (secondary N) is 1. The minimum Gasteiger partial charge on any atom is -0.378 e. The molecular formula is C14H18F3NO. The van der Waals surface area contributed by atoms with E-state index < -0.39 is 11.7 Å². The van der Waals surface area contributed by atoms with E-state index >= 15 is 0 Å². The molecule has 106 valence electrons. The summed E-state index contributed by atoms with van der Waals surface area (Å²) in [5.41, 5.74) is 0.0609. The summed E-state index contributed by atoms with van der Waals surface area (Å²) >= 11 is 0. The first kappa shape index (κ1) is 14.3. The molecule has 1 fully saturated rings. The highest BCUT2D eigenvalue weighted by atomic mass is 19.4. The van der Waals surface area contributed by atoms with Crippen LogP contribution in [0.15, 0.2) is 24.3 Å². The average molecular weight is 273 g/mol. The number of ether oxygens (including phenoxy) is 1. The van der Waals surface area contributed by atoms with Gasteiger partial charge in [-0.25, -0.2) is 0 Å². The molecule has 0 spiro atoms. The van der Waals surface area contributed by atoms with Crippen LogP contribution < -0.4 is 5.32 Å². The smallest absolute Gasteiger partial charge is 0.378 e. The molecule has 1 heterocycles. The van der Waals surface area contributed by atoms with Crippen LogP contribution >= 0.6 is 0 Å². The van der Waals surface area contributed by atoms with Crippen LogP contribution in [0.3, 0.4) is 0 Å². The van der Waals surface area contributed by atoms with Crippen LogP contribution in [-0.4, -0.2) is 19.3 Å². The molecule has 1 aromatic carbocycles. The van der Waals surface area contributed by atoms with Crippen molar-refractivity contribution in [2.45, 2.75) is 32.2 Å². The van der Waals surface area contributed by atoms with Crippen molar-refractivity contribution in [3.63, 3.8) is 0 Å². The molecule has 0 amide bonds. The number of halogens is 3. The Labute approximate surface area is 111 Å². The van der Waals surface area contributed by atoms with Crippen molar-refractivity contribution in [1.82, 2.24) is 5.32 Å². The van der Waals surface area contributed by atoms with Gasteiger partial charge in [0.2, 0.25) is 0 Å². The lowest BCUT2D eigenvalue weighted by molar-refractivity contribution is -0.137. The Kier molecular flexibility index (Phi) is 4.47. The molecule has 0 saturated carbocycles. The summed E-state index contributed by atoms with van der Waals surface area (Å²) in [5.74, 6) is 0.450. The second-order valence-electron chi connectivity index (χ2n) is 4.95. The summed E-state index contributed by atoms with van der Waals surface area (Å²) in [5, 5.41) is 3.21. The molecule has 1 aliphatic heterocycles. The molecule has 1 aromatic rings. The van der Waals surface area contributed by atoms with Gasteiger partial charge in [0.15, 0.2) is 0 Å². The lowest BCUT2D eigenvalue weighted by Gasteiger charge is -2.15. The minimum atomic E-state index is -4.27. The van der Waals surface area contributed by atoms with Gasteiger partial charge in [0, 0.05) is 19.7 Å². The van der Waals surface area contributed by atoms with Crippen molar-refractivity contribution >= 4 is 0 Å². The Morgan fingerprint density at radius 2 is 2.16 bits per heavy atom. The molecule has 0 aromatic heterocycles. The molecule has 1 saturated heterocycles. The maximum atomic E-state index is 12.6. The Morgan fingerprint density at radius 1 is 1.37 bits per heavy atom. The standard InChI is InChI=1S/C14H18F3NO/c1-10-12(5-6-19-10)9-18-8-11-3-2-4-13(7-11)14(15,16)17/h2-4,7,10,12,18H,5-6,8-9H2,1H3. The van der Waals surface area contributed by atoms with Gasteiger partial charge < -0.3 is 10.1 Å². The van der Waals surface area contributed by atoms with E-state index in [2.05, 4.69) is 5.32 Å². The van der Waals surface area contributed by atoms with Gasteiger partial charge in [0.05, 0.1) is 11.7 Å². The first-order chi connectivity index (χ1) is 8.97. The number of hydrogen-bond donors (Lipinski definition) is 1. The molecule has 1 aliphatic rings. The van der Waals surface area contributed by atoms with Gasteiger partial charge in [-0.05, 0) is 30.9 Å². The number of benzene rings is 1. The Bertz CT molecular complexity index is 419. The molecule has 0 radical (unpaired) electrons. The molecule has 5 heteroatoms. The van der Waals surface area contributed by atoms with E-state index in [1.807, 2.05) is 6.92 Å². The van der Waals surface area contributed by atoms with Crippen LogP contribution in [0, 0.1) is 5.92 Å². The van der Waals surface area contributed by atoms with Crippen molar-refractivity contribution in [2.24, 2.45) is 5.92 Å². The van der Waals surface area contributed by atoms with E-state index in [1.54, 1.807) is 6.07 Å². The largest absolute Gasteiger partial charge is 0.416 e. The van der Waals surface area contributed by atoms with Crippen LogP contribution in [-0.2, 0) is 17.5 Å². The van der Waals surface area contributed by atoms with E-state index in [4.69, 9.17) is 4.74 Å². The van der Waals surface area contributed by atoms with E-state index in [0.29, 0.717) is 18.0 Å². The predicted octanol–water partition coefficient (Wildman–Crippen LogP) is 3.22. The molecule has 0 aliphatic carbocycles. The molecule has 2 unspecified atom stereocenters. The Hall–Kier alpha value is -1.07. The fourth-order valence-corrected chi connectivity index (χ4v) is 2.30. The molecule has 2 rings (SSSR count). The van der Waals surface area contributed by atoms with Gasteiger partial charge in [-0.2, -0.15) is 13.2 Å². The molecule has 19 heavy (non-hydrogen) atoms. The lowest BCUT2D eigenvalue weighted by atomic mass is 10.0. The zero-order valence-corrected chi connectivity index (χ0v) is 10.8. The van der Waals surface area contributed by atoms with E-state index in [0.717, 1.165) is 25.6 Å². The number of alkyl halides is 3. The van der Waals surface area contributed by atoms with Crippen molar-refractivity contribution < 1.29 is 17.9 Å². The summed E-state index contributed by atoms with van der Waals surface area (Å²) in [6, 6.07) is 5.44. The van der Waals surface area contributed by atoms with Crippen LogP contribution in [0.2, 0.25) is 0 Å². The van der Waals surface area contributed by atoms with Gasteiger partial charge in [-0.1, -0.05) is 18.2 Å². The van der Waals surface area contributed by atoms with Gasteiger partial charge in [-0.15, -0.1) is 0 Å².